The van der Waals surface area contributed by atoms with E-state index in [2.05, 4.69) is 114 Å². The van der Waals surface area contributed by atoms with Gasteiger partial charge in [-0.3, -0.25) is 0 Å². The van der Waals surface area contributed by atoms with Crippen LogP contribution in [0.4, 0.5) is 0 Å². The Bertz CT molecular complexity index is 2070. The lowest BCUT2D eigenvalue weighted by atomic mass is 10.0. The topological polar surface area (TPSA) is 55.4 Å². The first kappa shape index (κ1) is 42.4. The number of benzene rings is 6. The third-order valence-corrected chi connectivity index (χ3v) is 10.2. The van der Waals surface area contributed by atoms with Gasteiger partial charge in [0.05, 0.1) is 33.0 Å². The first-order valence-corrected chi connectivity index (χ1v) is 20.3. The monoisotopic (exact) mass is 778 g/mol. The van der Waals surface area contributed by atoms with Gasteiger partial charge in [0.2, 0.25) is 0 Å². The van der Waals surface area contributed by atoms with Gasteiger partial charge in [0.1, 0.15) is 36.4 Å². The van der Waals surface area contributed by atoms with Crippen LogP contribution in [0.25, 0.3) is 0 Å². The van der Waals surface area contributed by atoms with Gasteiger partial charge in [-0.05, 0) is 86.1 Å². The van der Waals surface area contributed by atoms with Crippen molar-refractivity contribution >= 4 is 0 Å². The van der Waals surface area contributed by atoms with E-state index in [9.17, 15) is 0 Å². The average molecular weight is 779 g/mol. The molecule has 58 heavy (non-hydrogen) atoms. The number of ether oxygens (including phenoxy) is 6. The van der Waals surface area contributed by atoms with Crippen LogP contribution in [0.3, 0.4) is 0 Å². The Morgan fingerprint density at radius 3 is 1.17 bits per heavy atom. The van der Waals surface area contributed by atoms with E-state index in [1.807, 2.05) is 72.8 Å². The van der Waals surface area contributed by atoms with Crippen LogP contribution < -0.4 is 9.47 Å². The van der Waals surface area contributed by atoms with Crippen molar-refractivity contribution < 1.29 is 28.4 Å². The maximum atomic E-state index is 7.15. The normalized spacial score (nSPS) is 13.4. The molecule has 302 valence electrons. The Balaban J connectivity index is 1.44. The van der Waals surface area contributed by atoms with Gasteiger partial charge in [0.15, 0.2) is 6.10 Å². The van der Waals surface area contributed by atoms with Crippen LogP contribution in [0, 0.1) is 41.5 Å². The molecular formula is C52H58O6. The number of aryl methyl sites for hydroxylation is 6. The third-order valence-electron chi connectivity index (χ3n) is 10.2. The highest BCUT2D eigenvalue weighted by atomic mass is 16.6. The summed E-state index contributed by atoms with van der Waals surface area (Å²) in [7, 11) is 0. The van der Waals surface area contributed by atoms with Gasteiger partial charge in [-0.1, -0.05) is 157 Å². The minimum Gasteiger partial charge on any atom is -0.490 e. The Morgan fingerprint density at radius 2 is 0.741 bits per heavy atom. The lowest BCUT2D eigenvalue weighted by Gasteiger charge is -2.38. The highest BCUT2D eigenvalue weighted by Gasteiger charge is 2.40. The molecule has 0 fully saturated rings. The van der Waals surface area contributed by atoms with Crippen LogP contribution in [0.5, 0.6) is 11.5 Å². The zero-order valence-corrected chi connectivity index (χ0v) is 34.9. The lowest BCUT2D eigenvalue weighted by Crippen LogP contribution is -2.53. The number of rotatable bonds is 21. The largest absolute Gasteiger partial charge is 0.490 e. The Labute approximate surface area is 345 Å². The fourth-order valence-corrected chi connectivity index (χ4v) is 7.50. The summed E-state index contributed by atoms with van der Waals surface area (Å²) in [5, 5.41) is 0. The quantitative estimate of drug-likeness (QED) is 0.0725. The predicted molar refractivity (Wildman–Crippen MR) is 232 cm³/mol. The molecule has 0 unspecified atom stereocenters. The molecule has 0 aliphatic carbocycles. The third kappa shape index (κ3) is 12.4. The molecule has 6 aromatic rings. The molecule has 0 aliphatic heterocycles. The van der Waals surface area contributed by atoms with E-state index in [0.29, 0.717) is 26.4 Å². The SMILES string of the molecule is Cc1cc(C)c(OC[C@@H](OCc2ccccc2)[C@@H](OCc2ccccc2)[C@H](OCc2ccccc2)[C@@H](COCc2ccccc2)Oc2c(C)cc(C)cc2C)c(C)c1. The fraction of sp³-hybridized carbons (Fsp3) is 0.308. The van der Waals surface area contributed by atoms with Gasteiger partial charge in [-0.15, -0.1) is 0 Å². The second-order valence-corrected chi connectivity index (χ2v) is 15.3. The van der Waals surface area contributed by atoms with Crippen molar-refractivity contribution in [3.8, 4) is 11.5 Å². The molecule has 0 saturated carbocycles. The van der Waals surface area contributed by atoms with Gasteiger partial charge in [0, 0.05) is 0 Å². The molecular weight excluding hydrogens is 721 g/mol. The lowest BCUT2D eigenvalue weighted by molar-refractivity contribution is -0.188. The molecule has 0 bridgehead atoms. The van der Waals surface area contributed by atoms with Gasteiger partial charge in [-0.2, -0.15) is 0 Å². The summed E-state index contributed by atoms with van der Waals surface area (Å²) in [6.07, 6.45) is -2.55. The maximum Gasteiger partial charge on any atom is 0.151 e. The molecule has 0 amide bonds. The van der Waals surface area contributed by atoms with Crippen molar-refractivity contribution in [2.45, 2.75) is 92.4 Å². The molecule has 0 N–H and O–H groups in total. The summed E-state index contributed by atoms with van der Waals surface area (Å²) in [5.74, 6) is 1.64. The molecule has 0 spiro atoms. The van der Waals surface area contributed by atoms with Crippen molar-refractivity contribution in [2.24, 2.45) is 0 Å². The molecule has 6 heteroatoms. The molecule has 4 atom stereocenters. The first-order valence-electron chi connectivity index (χ1n) is 20.3. The second-order valence-electron chi connectivity index (χ2n) is 15.3. The predicted octanol–water partition coefficient (Wildman–Crippen LogP) is 11.3. The van der Waals surface area contributed by atoms with Crippen molar-refractivity contribution in [3.05, 3.63) is 201 Å². The molecule has 0 heterocycles. The highest BCUT2D eigenvalue weighted by Crippen LogP contribution is 2.31. The van der Waals surface area contributed by atoms with Crippen LogP contribution in [0.2, 0.25) is 0 Å². The fourth-order valence-electron chi connectivity index (χ4n) is 7.50. The van der Waals surface area contributed by atoms with E-state index >= 15 is 0 Å². The van der Waals surface area contributed by atoms with Gasteiger partial charge >= 0.3 is 0 Å². The molecule has 0 radical (unpaired) electrons. The van der Waals surface area contributed by atoms with Crippen LogP contribution in [0.15, 0.2) is 146 Å². The molecule has 0 aliphatic rings. The Hall–Kier alpha value is -5.24. The average Bonchev–Trinajstić information content (AvgIpc) is 3.22. The molecule has 6 aromatic carbocycles. The smallest absolute Gasteiger partial charge is 0.151 e. The summed E-state index contributed by atoms with van der Waals surface area (Å²) in [4.78, 5) is 0. The Kier molecular flexibility index (Phi) is 15.7. The summed E-state index contributed by atoms with van der Waals surface area (Å²) >= 11 is 0. The molecule has 0 saturated heterocycles. The van der Waals surface area contributed by atoms with Crippen LogP contribution in [-0.2, 0) is 45.4 Å². The minimum absolute atomic E-state index is 0.211. The van der Waals surface area contributed by atoms with E-state index < -0.39 is 24.4 Å². The van der Waals surface area contributed by atoms with Crippen molar-refractivity contribution in [3.63, 3.8) is 0 Å². The number of hydrogen-bond donors (Lipinski definition) is 0. The molecule has 6 nitrogen and oxygen atoms in total. The van der Waals surface area contributed by atoms with Crippen molar-refractivity contribution in [1.82, 2.24) is 0 Å². The van der Waals surface area contributed by atoms with Crippen LogP contribution in [-0.4, -0.2) is 37.6 Å². The number of hydrogen-bond acceptors (Lipinski definition) is 6. The van der Waals surface area contributed by atoms with E-state index in [-0.39, 0.29) is 13.2 Å². The first-order chi connectivity index (χ1) is 28.2. The van der Waals surface area contributed by atoms with Crippen LogP contribution >= 0.6 is 0 Å². The van der Waals surface area contributed by atoms with Gasteiger partial charge in [-0.25, -0.2) is 0 Å². The zero-order chi connectivity index (χ0) is 40.7. The van der Waals surface area contributed by atoms with Gasteiger partial charge < -0.3 is 28.4 Å². The highest BCUT2D eigenvalue weighted by molar-refractivity contribution is 5.44. The van der Waals surface area contributed by atoms with Crippen molar-refractivity contribution in [2.75, 3.05) is 13.2 Å². The maximum absolute atomic E-state index is 7.15. The van der Waals surface area contributed by atoms with Crippen LogP contribution in [0.1, 0.15) is 55.6 Å². The standard InChI is InChI=1S/C52H58O6/c1-37-27-39(3)49(40(4)28-37)57-36-47(54-32-44-21-13-8-14-22-44)51(55-33-45-23-15-9-16-24-45)52(56-34-46-25-17-10-18-26-46)48(35-53-31-43-19-11-7-12-20-43)58-50-41(5)29-38(2)30-42(50)6/h7-30,47-48,51-52H,31-36H2,1-6H3/t47-,48-,51-,52-/m1/s1. The minimum atomic E-state index is -0.677. The van der Waals surface area contributed by atoms with E-state index in [4.69, 9.17) is 28.4 Å². The summed E-state index contributed by atoms with van der Waals surface area (Å²) in [6.45, 7) is 14.4. The summed E-state index contributed by atoms with van der Waals surface area (Å²) < 4.78 is 41.6. The Morgan fingerprint density at radius 1 is 0.379 bits per heavy atom. The second kappa shape index (κ2) is 21.5. The van der Waals surface area contributed by atoms with E-state index in [0.717, 1.165) is 56.0 Å². The summed E-state index contributed by atoms with van der Waals surface area (Å²) in [6, 6.07) is 49.4. The van der Waals surface area contributed by atoms with E-state index in [1.54, 1.807) is 0 Å². The summed E-state index contributed by atoms with van der Waals surface area (Å²) in [5.41, 5.74) is 10.8. The zero-order valence-electron chi connectivity index (χ0n) is 34.9. The van der Waals surface area contributed by atoms with E-state index in [1.165, 1.54) is 11.1 Å². The molecule has 6 rings (SSSR count). The van der Waals surface area contributed by atoms with Gasteiger partial charge in [0.25, 0.3) is 0 Å². The molecule has 0 aromatic heterocycles. The van der Waals surface area contributed by atoms with Crippen molar-refractivity contribution in [1.29, 1.82) is 0 Å².